The molecule has 1 heterocycles. The highest BCUT2D eigenvalue weighted by molar-refractivity contribution is 5.98. The average Bonchev–Trinajstić information content (AvgIpc) is 3.51. The molecule has 0 unspecified atom stereocenters. The van der Waals surface area contributed by atoms with Crippen LogP contribution in [0.1, 0.15) is 54.2 Å². The van der Waals surface area contributed by atoms with Gasteiger partial charge in [0.25, 0.3) is 5.89 Å². The van der Waals surface area contributed by atoms with E-state index in [9.17, 15) is 20.0 Å². The number of carboxylic acid groups (broad SMARTS) is 1. The fraction of sp³-hybridized carbons (Fsp3) is 0.194. The number of nitriles is 1. The summed E-state index contributed by atoms with van der Waals surface area (Å²) in [5.74, 6) is -1.27. The van der Waals surface area contributed by atoms with Crippen molar-refractivity contribution >= 4 is 11.8 Å². The van der Waals surface area contributed by atoms with Gasteiger partial charge in [-0.1, -0.05) is 105 Å². The van der Waals surface area contributed by atoms with Crippen LogP contribution in [0.25, 0.3) is 34.0 Å². The lowest BCUT2D eigenvalue weighted by molar-refractivity contribution is -0.141. The van der Waals surface area contributed by atoms with E-state index in [1.165, 1.54) is 0 Å². The van der Waals surface area contributed by atoms with Gasteiger partial charge in [0.15, 0.2) is 5.78 Å². The summed E-state index contributed by atoms with van der Waals surface area (Å²) < 4.78 is 5.50. The second-order valence-electron chi connectivity index (χ2n) is 11.5. The van der Waals surface area contributed by atoms with E-state index < -0.39 is 11.9 Å². The van der Waals surface area contributed by atoms with Gasteiger partial charge in [0.05, 0.1) is 17.6 Å². The molecule has 0 fully saturated rings. The zero-order chi connectivity index (χ0) is 30.6. The highest BCUT2D eigenvalue weighted by atomic mass is 16.5. The topological polar surface area (TPSA) is 117 Å². The molecule has 0 aliphatic carbocycles. The van der Waals surface area contributed by atoms with Crippen molar-refractivity contribution in [3.05, 3.63) is 119 Å². The molecule has 0 radical (unpaired) electrons. The van der Waals surface area contributed by atoms with E-state index in [4.69, 9.17) is 4.52 Å². The fourth-order valence-corrected chi connectivity index (χ4v) is 4.90. The summed E-state index contributed by atoms with van der Waals surface area (Å²) in [7, 11) is 0. The first-order chi connectivity index (χ1) is 20.6. The van der Waals surface area contributed by atoms with Crippen LogP contribution in [-0.4, -0.2) is 27.0 Å². The Morgan fingerprint density at radius 2 is 1.49 bits per heavy atom. The molecule has 4 aromatic carbocycles. The molecule has 1 aromatic heterocycles. The van der Waals surface area contributed by atoms with Gasteiger partial charge in [-0.05, 0) is 52.3 Å². The second kappa shape index (κ2) is 12.3. The molecule has 214 valence electrons. The molecule has 0 aliphatic heterocycles. The minimum Gasteiger partial charge on any atom is -0.481 e. The number of carbonyl (C=O) groups excluding carboxylic acids is 1. The summed E-state index contributed by atoms with van der Waals surface area (Å²) in [4.78, 5) is 29.4. The Bertz CT molecular complexity index is 1790. The number of carboxylic acids is 1. The smallest absolute Gasteiger partial charge is 0.307 e. The van der Waals surface area contributed by atoms with Gasteiger partial charge < -0.3 is 9.63 Å². The molecular weight excluding hydrogens is 538 g/mol. The molecule has 0 spiro atoms. The number of nitrogens with zero attached hydrogens (tertiary/aromatic N) is 3. The second-order valence-corrected chi connectivity index (χ2v) is 11.5. The molecule has 1 atom stereocenters. The van der Waals surface area contributed by atoms with Crippen molar-refractivity contribution in [3.8, 4) is 40.0 Å². The average molecular weight is 570 g/mol. The standard InChI is InChI=1S/C36H31N3O4/c1-36(2,3)30-18-16-25(17-19-30)32(40)21-29(35(41)42)20-23-8-10-26(11-9-23)33-38-34(43-39-33)27-14-12-24(13-15-27)31-7-5-4-6-28(31)22-37/h4-19,29H,20-21H2,1-3H3,(H,41,42)/t29-/m1/s1. The largest absolute Gasteiger partial charge is 0.481 e. The Balaban J connectivity index is 1.25. The number of hydrogen-bond donors (Lipinski definition) is 1. The van der Waals surface area contributed by atoms with Crippen molar-refractivity contribution in [2.24, 2.45) is 5.92 Å². The van der Waals surface area contributed by atoms with Crippen LogP contribution in [0.5, 0.6) is 0 Å². The van der Waals surface area contributed by atoms with Crippen molar-refractivity contribution in [3.63, 3.8) is 0 Å². The van der Waals surface area contributed by atoms with Gasteiger partial charge in [0.2, 0.25) is 5.82 Å². The number of Topliss-reactive ketones (excluding diaryl/α,β-unsaturated/α-hetero) is 1. The summed E-state index contributed by atoms with van der Waals surface area (Å²) in [5.41, 5.74) is 6.24. The van der Waals surface area contributed by atoms with Crippen LogP contribution in [-0.2, 0) is 16.6 Å². The highest BCUT2D eigenvalue weighted by Gasteiger charge is 2.23. The Morgan fingerprint density at radius 3 is 2.12 bits per heavy atom. The van der Waals surface area contributed by atoms with Crippen LogP contribution in [0.4, 0.5) is 0 Å². The van der Waals surface area contributed by atoms with Crippen molar-refractivity contribution in [1.29, 1.82) is 5.26 Å². The third-order valence-electron chi connectivity index (χ3n) is 7.46. The molecule has 0 saturated heterocycles. The van der Waals surface area contributed by atoms with Crippen LogP contribution in [0.15, 0.2) is 102 Å². The molecule has 43 heavy (non-hydrogen) atoms. The number of ketones is 1. The number of aliphatic carboxylic acids is 1. The monoisotopic (exact) mass is 569 g/mol. The summed E-state index contributed by atoms with van der Waals surface area (Å²) in [6, 6.07) is 31.9. The molecule has 0 amide bonds. The van der Waals surface area contributed by atoms with E-state index in [2.05, 4.69) is 37.0 Å². The molecular formula is C36H31N3O4. The number of aromatic nitrogens is 2. The normalized spacial score (nSPS) is 12.0. The van der Waals surface area contributed by atoms with Gasteiger partial charge in [-0.15, -0.1) is 0 Å². The Labute approximate surface area is 250 Å². The third kappa shape index (κ3) is 6.77. The predicted octanol–water partition coefficient (Wildman–Crippen LogP) is 7.76. The zero-order valence-corrected chi connectivity index (χ0v) is 24.2. The molecule has 0 aliphatic rings. The van der Waals surface area contributed by atoms with Gasteiger partial charge in [-0.2, -0.15) is 10.2 Å². The first-order valence-corrected chi connectivity index (χ1v) is 14.0. The van der Waals surface area contributed by atoms with Crippen LogP contribution < -0.4 is 0 Å². The van der Waals surface area contributed by atoms with Crippen molar-refractivity contribution < 1.29 is 19.2 Å². The summed E-state index contributed by atoms with van der Waals surface area (Å²) in [6.07, 6.45) is 0.140. The van der Waals surface area contributed by atoms with E-state index in [0.29, 0.717) is 22.8 Å². The van der Waals surface area contributed by atoms with E-state index in [0.717, 1.165) is 33.4 Å². The lowest BCUT2D eigenvalue weighted by atomic mass is 9.86. The van der Waals surface area contributed by atoms with Crippen LogP contribution in [0, 0.1) is 17.2 Å². The van der Waals surface area contributed by atoms with Gasteiger partial charge >= 0.3 is 5.97 Å². The first-order valence-electron chi connectivity index (χ1n) is 14.0. The van der Waals surface area contributed by atoms with Gasteiger partial charge in [-0.25, -0.2) is 0 Å². The molecule has 1 N–H and O–H groups in total. The molecule has 0 bridgehead atoms. The van der Waals surface area contributed by atoms with E-state index in [-0.39, 0.29) is 24.0 Å². The van der Waals surface area contributed by atoms with E-state index in [1.54, 1.807) is 18.2 Å². The SMILES string of the molecule is CC(C)(C)c1ccc(C(=O)C[C@@H](Cc2ccc(-c3noc(-c4ccc(-c5ccccc5C#N)cc4)n3)cc2)C(=O)O)cc1. The van der Waals surface area contributed by atoms with Crippen molar-refractivity contribution in [2.45, 2.75) is 39.0 Å². The predicted molar refractivity (Wildman–Crippen MR) is 164 cm³/mol. The molecule has 7 heteroatoms. The molecule has 5 aromatic rings. The number of carbonyl (C=O) groups is 2. The third-order valence-corrected chi connectivity index (χ3v) is 7.46. The van der Waals surface area contributed by atoms with E-state index in [1.807, 2.05) is 78.9 Å². The minimum atomic E-state index is -1.01. The number of hydrogen-bond acceptors (Lipinski definition) is 6. The molecule has 5 rings (SSSR count). The number of benzene rings is 4. The van der Waals surface area contributed by atoms with Crippen LogP contribution in [0.2, 0.25) is 0 Å². The summed E-state index contributed by atoms with van der Waals surface area (Å²) in [6.45, 7) is 6.31. The summed E-state index contributed by atoms with van der Waals surface area (Å²) >= 11 is 0. The number of rotatable bonds is 9. The van der Waals surface area contributed by atoms with Crippen LogP contribution in [0.3, 0.4) is 0 Å². The Kier molecular flexibility index (Phi) is 8.31. The van der Waals surface area contributed by atoms with E-state index >= 15 is 0 Å². The quantitative estimate of drug-likeness (QED) is 0.180. The fourth-order valence-electron chi connectivity index (χ4n) is 4.90. The lowest BCUT2D eigenvalue weighted by Gasteiger charge is -2.19. The van der Waals surface area contributed by atoms with Gasteiger partial charge in [0.1, 0.15) is 0 Å². The maximum atomic E-state index is 12.9. The highest BCUT2D eigenvalue weighted by Crippen LogP contribution is 2.28. The van der Waals surface area contributed by atoms with Gasteiger partial charge in [0, 0.05) is 23.1 Å². The van der Waals surface area contributed by atoms with Crippen molar-refractivity contribution in [2.75, 3.05) is 0 Å². The first kappa shape index (κ1) is 29.2. The van der Waals surface area contributed by atoms with Gasteiger partial charge in [-0.3, -0.25) is 9.59 Å². The maximum Gasteiger partial charge on any atom is 0.307 e. The Morgan fingerprint density at radius 1 is 0.860 bits per heavy atom. The Hall–Kier alpha value is -5.35. The van der Waals surface area contributed by atoms with Crippen molar-refractivity contribution in [1.82, 2.24) is 10.1 Å². The lowest BCUT2D eigenvalue weighted by Crippen LogP contribution is -2.20. The molecule has 0 saturated carbocycles. The summed E-state index contributed by atoms with van der Waals surface area (Å²) in [5, 5.41) is 23.3. The molecule has 7 nitrogen and oxygen atoms in total. The zero-order valence-electron chi connectivity index (χ0n) is 24.2. The minimum absolute atomic E-state index is 0.0292. The van der Waals surface area contributed by atoms with Crippen LogP contribution >= 0.6 is 0 Å². The maximum absolute atomic E-state index is 12.9.